The summed E-state index contributed by atoms with van der Waals surface area (Å²) >= 11 is 6.09. The molecule has 0 bridgehead atoms. The topological polar surface area (TPSA) is 50.2 Å². The molecule has 6 heteroatoms. The molecule has 180 valence electrons. The standard InChI is InChI=1S/C29H31ClN4O/c1-21-6-4-7-23(16-21)17-31-29(35)24-8-5-15-33(19-24)20-28-32-26-9-2-3-10-27(26)34(28)18-22-11-13-25(30)14-12-22/h2-4,6-7,9-14,16,24H,5,8,15,17-20H2,1H3,(H,31,35)/t24-/m1/s1. The molecule has 1 aromatic heterocycles. The van der Waals surface area contributed by atoms with Gasteiger partial charge in [0.25, 0.3) is 0 Å². The molecular formula is C29H31ClN4O. The van der Waals surface area contributed by atoms with Crippen LogP contribution in [-0.4, -0.2) is 33.4 Å². The molecule has 1 atom stereocenters. The van der Waals surface area contributed by atoms with Crippen LogP contribution < -0.4 is 5.32 Å². The zero-order valence-electron chi connectivity index (χ0n) is 20.1. The molecule has 1 saturated heterocycles. The number of aromatic nitrogens is 2. The van der Waals surface area contributed by atoms with Gasteiger partial charge in [0.15, 0.2) is 0 Å². The van der Waals surface area contributed by atoms with E-state index < -0.39 is 0 Å². The number of carbonyl (C=O) groups excluding carboxylic acids is 1. The van der Waals surface area contributed by atoms with Crippen LogP contribution in [0.5, 0.6) is 0 Å². The minimum Gasteiger partial charge on any atom is -0.352 e. The number of fused-ring (bicyclic) bond motifs is 1. The Bertz CT molecular complexity index is 1310. The lowest BCUT2D eigenvalue weighted by atomic mass is 9.97. The monoisotopic (exact) mass is 486 g/mol. The average Bonchev–Trinajstić information content (AvgIpc) is 3.21. The van der Waals surface area contributed by atoms with Gasteiger partial charge in [0.1, 0.15) is 5.82 Å². The van der Waals surface area contributed by atoms with Crippen LogP contribution in [0.2, 0.25) is 5.02 Å². The number of hydrogen-bond donors (Lipinski definition) is 1. The maximum Gasteiger partial charge on any atom is 0.224 e. The number of carbonyl (C=O) groups is 1. The van der Waals surface area contributed by atoms with Crippen LogP contribution >= 0.6 is 11.6 Å². The van der Waals surface area contributed by atoms with Gasteiger partial charge >= 0.3 is 0 Å². The van der Waals surface area contributed by atoms with Gasteiger partial charge in [-0.2, -0.15) is 0 Å². The van der Waals surface area contributed by atoms with E-state index in [1.165, 1.54) is 11.1 Å². The van der Waals surface area contributed by atoms with E-state index in [0.29, 0.717) is 6.54 Å². The largest absolute Gasteiger partial charge is 0.352 e. The lowest BCUT2D eigenvalue weighted by Gasteiger charge is -2.31. The molecule has 4 aromatic rings. The highest BCUT2D eigenvalue weighted by Gasteiger charge is 2.27. The van der Waals surface area contributed by atoms with Gasteiger partial charge in [0.05, 0.1) is 23.5 Å². The van der Waals surface area contributed by atoms with Crippen LogP contribution in [0.4, 0.5) is 0 Å². The molecule has 1 aliphatic heterocycles. The van der Waals surface area contributed by atoms with Crippen molar-refractivity contribution in [3.8, 4) is 0 Å². The van der Waals surface area contributed by atoms with Crippen molar-refractivity contribution in [1.82, 2.24) is 19.8 Å². The van der Waals surface area contributed by atoms with Gasteiger partial charge in [-0.25, -0.2) is 4.98 Å². The Morgan fingerprint density at radius 2 is 1.86 bits per heavy atom. The molecule has 3 aromatic carbocycles. The molecule has 1 aliphatic rings. The van der Waals surface area contributed by atoms with Crippen LogP contribution in [0.25, 0.3) is 11.0 Å². The Labute approximate surface area is 211 Å². The van der Waals surface area contributed by atoms with Crippen LogP contribution in [0.3, 0.4) is 0 Å². The maximum atomic E-state index is 13.0. The van der Waals surface area contributed by atoms with Gasteiger partial charge in [-0.15, -0.1) is 0 Å². The summed E-state index contributed by atoms with van der Waals surface area (Å²) < 4.78 is 2.29. The highest BCUT2D eigenvalue weighted by atomic mass is 35.5. The number of aryl methyl sites for hydroxylation is 1. The molecule has 2 heterocycles. The molecule has 0 saturated carbocycles. The Kier molecular flexibility index (Phi) is 7.16. The lowest BCUT2D eigenvalue weighted by Crippen LogP contribution is -2.42. The minimum absolute atomic E-state index is 0.00246. The van der Waals surface area contributed by atoms with E-state index >= 15 is 0 Å². The Hall–Kier alpha value is -3.15. The number of nitrogens with zero attached hydrogens (tertiary/aromatic N) is 3. The number of amides is 1. The Balaban J connectivity index is 1.28. The van der Waals surface area contributed by atoms with Gasteiger partial charge in [-0.05, 0) is 61.7 Å². The quantitative estimate of drug-likeness (QED) is 0.371. The third-order valence-electron chi connectivity index (χ3n) is 6.78. The molecule has 5 nitrogen and oxygen atoms in total. The summed E-state index contributed by atoms with van der Waals surface area (Å²) in [4.78, 5) is 20.3. The number of hydrogen-bond acceptors (Lipinski definition) is 3. The number of para-hydroxylation sites is 2. The maximum absolute atomic E-state index is 13.0. The summed E-state index contributed by atoms with van der Waals surface area (Å²) in [7, 11) is 0. The van der Waals surface area contributed by atoms with Crippen molar-refractivity contribution in [2.45, 2.75) is 39.4 Å². The number of rotatable bonds is 7. The molecule has 35 heavy (non-hydrogen) atoms. The first-order chi connectivity index (χ1) is 17.0. The van der Waals surface area contributed by atoms with Crippen molar-refractivity contribution in [3.05, 3.63) is 100 Å². The third kappa shape index (κ3) is 5.75. The summed E-state index contributed by atoms with van der Waals surface area (Å²) in [6, 6.07) is 24.6. The molecule has 1 N–H and O–H groups in total. The van der Waals surface area contributed by atoms with Gasteiger partial charge in [-0.3, -0.25) is 9.69 Å². The molecule has 0 radical (unpaired) electrons. The van der Waals surface area contributed by atoms with Crippen molar-refractivity contribution in [2.24, 2.45) is 5.92 Å². The first-order valence-corrected chi connectivity index (χ1v) is 12.7. The molecule has 5 rings (SSSR count). The minimum atomic E-state index is 0.00246. The van der Waals surface area contributed by atoms with Crippen molar-refractivity contribution >= 4 is 28.5 Å². The summed E-state index contributed by atoms with van der Waals surface area (Å²) in [5.74, 6) is 1.18. The lowest BCUT2D eigenvalue weighted by molar-refractivity contribution is -0.127. The highest BCUT2D eigenvalue weighted by molar-refractivity contribution is 6.30. The normalized spacial score (nSPS) is 16.5. The van der Waals surface area contributed by atoms with Crippen LogP contribution in [0.15, 0.2) is 72.8 Å². The van der Waals surface area contributed by atoms with Crippen LogP contribution in [0.1, 0.15) is 35.4 Å². The molecule has 0 spiro atoms. The zero-order chi connectivity index (χ0) is 24.2. The molecule has 0 aliphatic carbocycles. The van der Waals surface area contributed by atoms with Crippen molar-refractivity contribution in [1.29, 1.82) is 0 Å². The number of benzene rings is 3. The predicted octanol–water partition coefficient (Wildman–Crippen LogP) is 5.57. The first-order valence-electron chi connectivity index (χ1n) is 12.3. The van der Waals surface area contributed by atoms with Gasteiger partial charge < -0.3 is 9.88 Å². The number of halogens is 1. The predicted molar refractivity (Wildman–Crippen MR) is 141 cm³/mol. The van der Waals surface area contributed by atoms with Gasteiger partial charge in [-0.1, -0.05) is 65.7 Å². The van der Waals surface area contributed by atoms with Crippen LogP contribution in [-0.2, 0) is 24.4 Å². The van der Waals surface area contributed by atoms with E-state index in [4.69, 9.17) is 16.6 Å². The fourth-order valence-corrected chi connectivity index (χ4v) is 5.09. The molecule has 1 amide bonds. The second kappa shape index (κ2) is 10.6. The van der Waals surface area contributed by atoms with E-state index in [9.17, 15) is 4.79 Å². The average molecular weight is 487 g/mol. The summed E-state index contributed by atoms with van der Waals surface area (Å²) in [5, 5.41) is 3.89. The fraction of sp³-hybridized carbons (Fsp3) is 0.310. The number of imidazole rings is 1. The second-order valence-electron chi connectivity index (χ2n) is 9.51. The van der Waals surface area contributed by atoms with Crippen molar-refractivity contribution in [3.63, 3.8) is 0 Å². The number of nitrogens with one attached hydrogen (secondary N) is 1. The Morgan fingerprint density at radius 1 is 1.03 bits per heavy atom. The first kappa shape index (κ1) is 23.6. The summed E-state index contributed by atoms with van der Waals surface area (Å²) in [5.41, 5.74) is 5.66. The van der Waals surface area contributed by atoms with Crippen molar-refractivity contribution in [2.75, 3.05) is 13.1 Å². The number of likely N-dealkylation sites (tertiary alicyclic amines) is 1. The van der Waals surface area contributed by atoms with Crippen molar-refractivity contribution < 1.29 is 4.79 Å². The van der Waals surface area contributed by atoms with E-state index in [2.05, 4.69) is 70.2 Å². The van der Waals surface area contributed by atoms with E-state index in [1.54, 1.807) is 0 Å². The third-order valence-corrected chi connectivity index (χ3v) is 7.03. The molecule has 1 fully saturated rings. The number of piperidine rings is 1. The Morgan fingerprint density at radius 3 is 2.69 bits per heavy atom. The molecule has 0 unspecified atom stereocenters. The summed E-state index contributed by atoms with van der Waals surface area (Å²) in [6.07, 6.45) is 1.94. The van der Waals surface area contributed by atoms with E-state index in [1.807, 2.05) is 24.3 Å². The van der Waals surface area contributed by atoms with E-state index in [-0.39, 0.29) is 11.8 Å². The fourth-order valence-electron chi connectivity index (χ4n) is 4.96. The van der Waals surface area contributed by atoms with Gasteiger partial charge in [0.2, 0.25) is 5.91 Å². The zero-order valence-corrected chi connectivity index (χ0v) is 20.8. The van der Waals surface area contributed by atoms with Gasteiger partial charge in [0, 0.05) is 24.7 Å². The second-order valence-corrected chi connectivity index (χ2v) is 9.95. The van der Waals surface area contributed by atoms with E-state index in [0.717, 1.165) is 66.5 Å². The smallest absolute Gasteiger partial charge is 0.224 e. The van der Waals surface area contributed by atoms with Crippen LogP contribution in [0, 0.1) is 12.8 Å². The SMILES string of the molecule is Cc1cccc(CNC(=O)[C@@H]2CCCN(Cc3nc4ccccc4n3Cc3ccc(Cl)cc3)C2)c1. The molecular weight excluding hydrogens is 456 g/mol. The highest BCUT2D eigenvalue weighted by Crippen LogP contribution is 2.23. The summed E-state index contributed by atoms with van der Waals surface area (Å²) in [6.45, 7) is 5.85.